The number of fused-ring (bicyclic) bond motifs is 1. The Balaban J connectivity index is 1.84. The van der Waals surface area contributed by atoms with Gasteiger partial charge in [-0.05, 0) is 29.8 Å². The molecule has 2 N–H and O–H groups in total. The highest BCUT2D eigenvalue weighted by Gasteiger charge is 2.29. The molecule has 0 saturated heterocycles. The van der Waals surface area contributed by atoms with Crippen molar-refractivity contribution in [3.05, 3.63) is 48.0 Å². The van der Waals surface area contributed by atoms with Crippen molar-refractivity contribution in [2.24, 2.45) is 5.41 Å². The van der Waals surface area contributed by atoms with Crippen LogP contribution in [0.15, 0.2) is 42.5 Å². The molecule has 7 heteroatoms. The number of carbonyl (C=O) groups excluding carboxylic acids is 2. The number of hydrogen-bond donors (Lipinski definition) is 2. The molecule has 0 fully saturated rings. The molecule has 1 heterocycles. The number of rotatable bonds is 5. The highest BCUT2D eigenvalue weighted by Crippen LogP contribution is 2.34. The van der Waals surface area contributed by atoms with Gasteiger partial charge in [0.15, 0.2) is 11.5 Å². The Morgan fingerprint density at radius 2 is 1.71 bits per heavy atom. The SMILES string of the molecule is COc1ccc([C@H](NC(=O)C(C)(C)C)C(=O)Nc2ccc3c(c2)OCO3)cc1. The van der Waals surface area contributed by atoms with Crippen molar-refractivity contribution in [1.29, 1.82) is 0 Å². The lowest BCUT2D eigenvalue weighted by Crippen LogP contribution is -2.42. The molecule has 0 aliphatic carbocycles. The average Bonchev–Trinajstić information content (AvgIpc) is 3.13. The number of methoxy groups -OCH3 is 1. The van der Waals surface area contributed by atoms with E-state index in [4.69, 9.17) is 14.2 Å². The molecule has 7 nitrogen and oxygen atoms in total. The first-order valence-electron chi connectivity index (χ1n) is 8.93. The molecule has 0 bridgehead atoms. The van der Waals surface area contributed by atoms with Crippen molar-refractivity contribution in [2.75, 3.05) is 19.2 Å². The molecule has 2 aromatic rings. The molecule has 2 amide bonds. The summed E-state index contributed by atoms with van der Waals surface area (Å²) in [6.07, 6.45) is 0. The first-order chi connectivity index (χ1) is 13.3. The number of nitrogens with one attached hydrogen (secondary N) is 2. The van der Waals surface area contributed by atoms with Gasteiger partial charge in [0.1, 0.15) is 11.8 Å². The summed E-state index contributed by atoms with van der Waals surface area (Å²) in [4.78, 5) is 25.5. The van der Waals surface area contributed by atoms with E-state index >= 15 is 0 Å². The highest BCUT2D eigenvalue weighted by molar-refractivity contribution is 5.98. The van der Waals surface area contributed by atoms with Crippen molar-refractivity contribution >= 4 is 17.5 Å². The van der Waals surface area contributed by atoms with Gasteiger partial charge < -0.3 is 24.8 Å². The van der Waals surface area contributed by atoms with E-state index in [9.17, 15) is 9.59 Å². The minimum absolute atomic E-state index is 0.156. The van der Waals surface area contributed by atoms with Crippen molar-refractivity contribution in [3.8, 4) is 17.2 Å². The first kappa shape index (κ1) is 19.5. The Labute approximate surface area is 164 Å². The third kappa shape index (κ3) is 4.36. The smallest absolute Gasteiger partial charge is 0.251 e. The van der Waals surface area contributed by atoms with E-state index in [-0.39, 0.29) is 18.6 Å². The number of amides is 2. The summed E-state index contributed by atoms with van der Waals surface area (Å²) in [7, 11) is 1.57. The van der Waals surface area contributed by atoms with E-state index < -0.39 is 11.5 Å². The van der Waals surface area contributed by atoms with Gasteiger partial charge in [-0.25, -0.2) is 0 Å². The number of carbonyl (C=O) groups is 2. The summed E-state index contributed by atoms with van der Waals surface area (Å²) < 4.78 is 15.8. The van der Waals surface area contributed by atoms with E-state index in [0.717, 1.165) is 0 Å². The lowest BCUT2D eigenvalue weighted by Gasteiger charge is -2.24. The van der Waals surface area contributed by atoms with Crippen LogP contribution in [0.1, 0.15) is 32.4 Å². The highest BCUT2D eigenvalue weighted by atomic mass is 16.7. The second-order valence-corrected chi connectivity index (χ2v) is 7.49. The van der Waals surface area contributed by atoms with Crippen molar-refractivity contribution in [3.63, 3.8) is 0 Å². The molecule has 0 saturated carbocycles. The lowest BCUT2D eigenvalue weighted by molar-refractivity contribution is -0.132. The third-order valence-corrected chi connectivity index (χ3v) is 4.31. The lowest BCUT2D eigenvalue weighted by atomic mass is 9.94. The number of hydrogen-bond acceptors (Lipinski definition) is 5. The fourth-order valence-electron chi connectivity index (χ4n) is 2.63. The van der Waals surface area contributed by atoms with Gasteiger partial charge in [-0.2, -0.15) is 0 Å². The van der Waals surface area contributed by atoms with Gasteiger partial charge in [0.2, 0.25) is 12.7 Å². The second-order valence-electron chi connectivity index (χ2n) is 7.49. The zero-order valence-corrected chi connectivity index (χ0v) is 16.4. The molecule has 1 aliphatic rings. The molecule has 148 valence electrons. The van der Waals surface area contributed by atoms with Crippen LogP contribution in [0.25, 0.3) is 0 Å². The predicted molar refractivity (Wildman–Crippen MR) is 105 cm³/mol. The zero-order valence-electron chi connectivity index (χ0n) is 16.4. The average molecular weight is 384 g/mol. The van der Waals surface area contributed by atoms with Gasteiger partial charge in [-0.1, -0.05) is 32.9 Å². The van der Waals surface area contributed by atoms with Crippen LogP contribution in [-0.4, -0.2) is 25.7 Å². The van der Waals surface area contributed by atoms with E-state index in [0.29, 0.717) is 28.5 Å². The minimum Gasteiger partial charge on any atom is -0.497 e. The fourth-order valence-corrected chi connectivity index (χ4v) is 2.63. The quantitative estimate of drug-likeness (QED) is 0.826. The standard InChI is InChI=1S/C21H24N2O5/c1-21(2,3)20(25)23-18(13-5-8-15(26-4)9-6-13)19(24)22-14-7-10-16-17(11-14)28-12-27-16/h5-11,18H,12H2,1-4H3,(H,22,24)(H,23,25)/t18-/m0/s1. The van der Waals surface area contributed by atoms with Crippen molar-refractivity contribution < 1.29 is 23.8 Å². The van der Waals surface area contributed by atoms with E-state index in [1.807, 2.05) is 0 Å². The Morgan fingerprint density at radius 1 is 1.04 bits per heavy atom. The molecule has 0 unspecified atom stereocenters. The molecular weight excluding hydrogens is 360 g/mol. The van der Waals surface area contributed by atoms with Crippen LogP contribution < -0.4 is 24.8 Å². The molecule has 28 heavy (non-hydrogen) atoms. The number of benzene rings is 2. The molecule has 1 atom stereocenters. The molecular formula is C21H24N2O5. The third-order valence-electron chi connectivity index (χ3n) is 4.31. The summed E-state index contributed by atoms with van der Waals surface area (Å²) in [5.74, 6) is 1.28. The Hall–Kier alpha value is -3.22. The van der Waals surface area contributed by atoms with Gasteiger partial charge in [0, 0.05) is 17.2 Å². The summed E-state index contributed by atoms with van der Waals surface area (Å²) in [6.45, 7) is 5.54. The van der Waals surface area contributed by atoms with Gasteiger partial charge in [-0.15, -0.1) is 0 Å². The Morgan fingerprint density at radius 3 is 2.36 bits per heavy atom. The van der Waals surface area contributed by atoms with Crippen molar-refractivity contribution in [2.45, 2.75) is 26.8 Å². The molecule has 0 aromatic heterocycles. The van der Waals surface area contributed by atoms with Gasteiger partial charge in [0.25, 0.3) is 5.91 Å². The normalized spacial score (nSPS) is 13.6. The van der Waals surface area contributed by atoms with Gasteiger partial charge in [0.05, 0.1) is 7.11 Å². The van der Waals surface area contributed by atoms with Crippen LogP contribution in [0.5, 0.6) is 17.2 Å². The first-order valence-corrected chi connectivity index (χ1v) is 8.93. The van der Waals surface area contributed by atoms with Gasteiger partial charge in [-0.3, -0.25) is 9.59 Å². The number of anilines is 1. The largest absolute Gasteiger partial charge is 0.497 e. The van der Waals surface area contributed by atoms with Crippen LogP contribution in [0.4, 0.5) is 5.69 Å². The van der Waals surface area contributed by atoms with Crippen LogP contribution in [-0.2, 0) is 9.59 Å². The monoisotopic (exact) mass is 384 g/mol. The number of ether oxygens (including phenoxy) is 3. The second kappa shape index (κ2) is 7.80. The van der Waals surface area contributed by atoms with Gasteiger partial charge >= 0.3 is 0 Å². The molecule has 2 aromatic carbocycles. The topological polar surface area (TPSA) is 85.9 Å². The molecule has 0 spiro atoms. The fraction of sp³-hybridized carbons (Fsp3) is 0.333. The van der Waals surface area contributed by atoms with Crippen LogP contribution in [0.3, 0.4) is 0 Å². The minimum atomic E-state index is -0.858. The van der Waals surface area contributed by atoms with Crippen LogP contribution in [0, 0.1) is 5.41 Å². The van der Waals surface area contributed by atoms with Crippen LogP contribution in [0.2, 0.25) is 0 Å². The maximum Gasteiger partial charge on any atom is 0.251 e. The Bertz CT molecular complexity index is 871. The molecule has 1 aliphatic heterocycles. The Kier molecular flexibility index (Phi) is 5.44. The van der Waals surface area contributed by atoms with Crippen molar-refractivity contribution in [1.82, 2.24) is 5.32 Å². The maximum absolute atomic E-state index is 13.0. The summed E-state index contributed by atoms with van der Waals surface area (Å²) >= 11 is 0. The van der Waals surface area contributed by atoms with E-state index in [2.05, 4.69) is 10.6 Å². The predicted octanol–water partition coefficient (Wildman–Crippen LogP) is 3.27. The van der Waals surface area contributed by atoms with E-state index in [1.165, 1.54) is 0 Å². The van der Waals surface area contributed by atoms with E-state index in [1.54, 1.807) is 70.3 Å². The zero-order chi connectivity index (χ0) is 20.3. The maximum atomic E-state index is 13.0. The summed E-state index contributed by atoms with van der Waals surface area (Å²) in [6, 6.07) is 11.3. The molecule has 3 rings (SSSR count). The summed E-state index contributed by atoms with van der Waals surface area (Å²) in [5, 5.41) is 5.67. The molecule has 0 radical (unpaired) electrons. The van der Waals surface area contributed by atoms with Crippen LogP contribution >= 0.6 is 0 Å². The summed E-state index contributed by atoms with van der Waals surface area (Å²) in [5.41, 5.74) is 0.568.